The van der Waals surface area contributed by atoms with Gasteiger partial charge in [-0.15, -0.1) is 11.3 Å². The molecule has 3 N–H and O–H groups in total. The van der Waals surface area contributed by atoms with Gasteiger partial charge in [-0.1, -0.05) is 24.6 Å². The van der Waals surface area contributed by atoms with Crippen molar-refractivity contribution >= 4 is 34.1 Å². The number of aliphatic hydroxyl groups is 1. The van der Waals surface area contributed by atoms with Crippen LogP contribution in [0.4, 0.5) is 14.3 Å². The first-order valence-corrected chi connectivity index (χ1v) is 7.87. The van der Waals surface area contributed by atoms with Crippen LogP contribution in [-0.2, 0) is 6.42 Å². The molecule has 1 aromatic heterocycles. The predicted octanol–water partition coefficient (Wildman–Crippen LogP) is 3.35. The maximum atomic E-state index is 13.5. The second-order valence-corrected chi connectivity index (χ2v) is 5.77. The smallest absolute Gasteiger partial charge is 0.321 e. The number of aliphatic hydroxyl groups excluding tert-OH is 1. The van der Waals surface area contributed by atoms with E-state index in [0.29, 0.717) is 10.7 Å². The molecule has 8 heteroatoms. The van der Waals surface area contributed by atoms with E-state index in [4.69, 9.17) is 11.6 Å². The number of nitrogens with one attached hydrogen (secondary N) is 2. The SMILES string of the molecule is CCc1csc(NC(=O)NC(CO)c2ccc(Cl)c(F)c2)n1. The fraction of sp³-hybridized carbons (Fsp3) is 0.286. The van der Waals surface area contributed by atoms with E-state index in [9.17, 15) is 14.3 Å². The van der Waals surface area contributed by atoms with Crippen molar-refractivity contribution in [1.29, 1.82) is 0 Å². The van der Waals surface area contributed by atoms with Crippen LogP contribution >= 0.6 is 22.9 Å². The summed E-state index contributed by atoms with van der Waals surface area (Å²) in [5, 5.41) is 16.8. The molecule has 118 valence electrons. The molecular weight excluding hydrogens is 329 g/mol. The molecule has 5 nitrogen and oxygen atoms in total. The summed E-state index contributed by atoms with van der Waals surface area (Å²) in [5.74, 6) is -0.604. The van der Waals surface area contributed by atoms with Gasteiger partial charge in [0.15, 0.2) is 5.13 Å². The molecule has 1 atom stereocenters. The van der Waals surface area contributed by atoms with Gasteiger partial charge >= 0.3 is 6.03 Å². The Hall–Kier alpha value is -1.70. The van der Waals surface area contributed by atoms with E-state index in [1.807, 2.05) is 12.3 Å². The summed E-state index contributed by atoms with van der Waals surface area (Å²) in [7, 11) is 0. The molecule has 22 heavy (non-hydrogen) atoms. The highest BCUT2D eigenvalue weighted by Crippen LogP contribution is 2.21. The summed E-state index contributed by atoms with van der Waals surface area (Å²) in [5.41, 5.74) is 1.31. The molecule has 0 spiro atoms. The Kier molecular flexibility index (Phi) is 5.70. The highest BCUT2D eigenvalue weighted by Gasteiger charge is 2.16. The molecule has 1 aromatic carbocycles. The predicted molar refractivity (Wildman–Crippen MR) is 84.9 cm³/mol. The zero-order valence-corrected chi connectivity index (χ0v) is 13.3. The molecule has 0 aliphatic heterocycles. The normalized spacial score (nSPS) is 12.0. The van der Waals surface area contributed by atoms with Crippen molar-refractivity contribution in [1.82, 2.24) is 10.3 Å². The monoisotopic (exact) mass is 343 g/mol. The number of nitrogens with zero attached hydrogens (tertiary/aromatic N) is 1. The molecule has 2 amide bonds. The van der Waals surface area contributed by atoms with Crippen molar-refractivity contribution in [2.45, 2.75) is 19.4 Å². The lowest BCUT2D eigenvalue weighted by molar-refractivity contribution is 0.225. The van der Waals surface area contributed by atoms with Gasteiger partial charge in [-0.25, -0.2) is 14.2 Å². The number of aromatic nitrogens is 1. The number of anilines is 1. The average molecular weight is 344 g/mol. The zero-order chi connectivity index (χ0) is 16.1. The van der Waals surface area contributed by atoms with Crippen LogP contribution in [0.3, 0.4) is 0 Å². The fourth-order valence-electron chi connectivity index (χ4n) is 1.78. The van der Waals surface area contributed by atoms with Crippen molar-refractivity contribution in [3.8, 4) is 0 Å². The fourth-order valence-corrected chi connectivity index (χ4v) is 2.69. The average Bonchev–Trinajstić information content (AvgIpc) is 2.95. The van der Waals surface area contributed by atoms with Gasteiger partial charge < -0.3 is 10.4 Å². The first kappa shape index (κ1) is 16.7. The van der Waals surface area contributed by atoms with Gasteiger partial charge in [-0.2, -0.15) is 0 Å². The first-order valence-electron chi connectivity index (χ1n) is 6.61. The molecule has 1 unspecified atom stereocenters. The Bertz CT molecular complexity index is 665. The van der Waals surface area contributed by atoms with Gasteiger partial charge in [0.25, 0.3) is 0 Å². The van der Waals surface area contributed by atoms with E-state index in [-0.39, 0.29) is 11.6 Å². The van der Waals surface area contributed by atoms with Crippen LogP contribution in [-0.4, -0.2) is 22.7 Å². The Balaban J connectivity index is 2.02. The molecule has 0 aliphatic carbocycles. The number of carbonyl (C=O) groups excluding carboxylic acids is 1. The van der Waals surface area contributed by atoms with Gasteiger partial charge in [0.1, 0.15) is 5.82 Å². The van der Waals surface area contributed by atoms with Crippen molar-refractivity contribution < 1.29 is 14.3 Å². The molecule has 0 fully saturated rings. The van der Waals surface area contributed by atoms with Gasteiger partial charge in [-0.3, -0.25) is 5.32 Å². The molecule has 2 aromatic rings. The number of hydrogen-bond acceptors (Lipinski definition) is 4. The van der Waals surface area contributed by atoms with E-state index in [1.165, 1.54) is 23.5 Å². The summed E-state index contributed by atoms with van der Waals surface area (Å²) in [6, 6.07) is 2.85. The molecular formula is C14H15ClFN3O2S. The lowest BCUT2D eigenvalue weighted by atomic mass is 10.1. The van der Waals surface area contributed by atoms with Crippen LogP contribution in [0.2, 0.25) is 5.02 Å². The van der Waals surface area contributed by atoms with Crippen LogP contribution in [0, 0.1) is 5.82 Å². The third-order valence-electron chi connectivity index (χ3n) is 2.97. The minimum absolute atomic E-state index is 0.0141. The molecule has 0 aliphatic rings. The van der Waals surface area contributed by atoms with Crippen molar-refractivity contribution in [2.24, 2.45) is 0 Å². The Labute approximate surface area is 136 Å². The Morgan fingerprint density at radius 2 is 2.32 bits per heavy atom. The number of halogens is 2. The van der Waals surface area contributed by atoms with Crippen molar-refractivity contribution in [3.05, 3.63) is 45.7 Å². The van der Waals surface area contributed by atoms with Crippen LogP contribution < -0.4 is 10.6 Å². The summed E-state index contributed by atoms with van der Waals surface area (Å²) >= 11 is 6.93. The number of rotatable bonds is 5. The highest BCUT2D eigenvalue weighted by molar-refractivity contribution is 7.13. The number of urea groups is 1. The van der Waals surface area contributed by atoms with Gasteiger partial charge in [0, 0.05) is 5.38 Å². The summed E-state index contributed by atoms with van der Waals surface area (Å²) in [6.07, 6.45) is 0.781. The van der Waals surface area contributed by atoms with Gasteiger partial charge in [0.05, 0.1) is 23.4 Å². The van der Waals surface area contributed by atoms with Crippen molar-refractivity contribution in [2.75, 3.05) is 11.9 Å². The molecule has 0 bridgehead atoms. The topological polar surface area (TPSA) is 74.2 Å². The Morgan fingerprint density at radius 3 is 2.91 bits per heavy atom. The maximum absolute atomic E-state index is 13.5. The number of carbonyl (C=O) groups is 1. The minimum Gasteiger partial charge on any atom is -0.394 e. The van der Waals surface area contributed by atoms with Crippen molar-refractivity contribution in [3.63, 3.8) is 0 Å². The van der Waals surface area contributed by atoms with E-state index >= 15 is 0 Å². The molecule has 2 rings (SSSR count). The van der Waals surface area contributed by atoms with Crippen LogP contribution in [0.5, 0.6) is 0 Å². The summed E-state index contributed by atoms with van der Waals surface area (Å²) < 4.78 is 13.5. The highest BCUT2D eigenvalue weighted by atomic mass is 35.5. The molecule has 0 radical (unpaired) electrons. The number of amides is 2. The molecule has 0 saturated heterocycles. The maximum Gasteiger partial charge on any atom is 0.321 e. The van der Waals surface area contributed by atoms with E-state index in [1.54, 1.807) is 6.07 Å². The number of benzene rings is 1. The number of hydrogen-bond donors (Lipinski definition) is 3. The molecule has 0 saturated carbocycles. The van der Waals surface area contributed by atoms with Gasteiger partial charge in [-0.05, 0) is 24.1 Å². The molecule has 1 heterocycles. The van der Waals surface area contributed by atoms with Gasteiger partial charge in [0.2, 0.25) is 0 Å². The second kappa shape index (κ2) is 7.53. The zero-order valence-electron chi connectivity index (χ0n) is 11.8. The Morgan fingerprint density at radius 1 is 1.55 bits per heavy atom. The third-order valence-corrected chi connectivity index (χ3v) is 4.08. The van der Waals surface area contributed by atoms with E-state index < -0.39 is 17.9 Å². The van der Waals surface area contributed by atoms with Crippen LogP contribution in [0.25, 0.3) is 0 Å². The lowest BCUT2D eigenvalue weighted by Crippen LogP contribution is -2.34. The minimum atomic E-state index is -0.739. The lowest BCUT2D eigenvalue weighted by Gasteiger charge is -2.17. The number of aryl methyl sites for hydroxylation is 1. The van der Waals surface area contributed by atoms with Crippen LogP contribution in [0.15, 0.2) is 23.6 Å². The summed E-state index contributed by atoms with van der Waals surface area (Å²) in [6.45, 7) is 1.60. The third kappa shape index (κ3) is 4.16. The quantitative estimate of drug-likeness (QED) is 0.779. The second-order valence-electron chi connectivity index (χ2n) is 4.50. The van der Waals surface area contributed by atoms with Crippen LogP contribution in [0.1, 0.15) is 24.2 Å². The van der Waals surface area contributed by atoms with E-state index in [0.717, 1.165) is 12.1 Å². The van der Waals surface area contributed by atoms with E-state index in [2.05, 4.69) is 15.6 Å². The largest absolute Gasteiger partial charge is 0.394 e. The number of thiazole rings is 1. The first-order chi connectivity index (χ1) is 10.5. The summed E-state index contributed by atoms with van der Waals surface area (Å²) in [4.78, 5) is 16.1. The standard InChI is InChI=1S/C14H15ClFN3O2S/c1-2-9-7-22-14(17-9)19-13(21)18-12(6-20)8-3-4-10(15)11(16)5-8/h3-5,7,12,20H,2,6H2,1H3,(H2,17,18,19,21).